The smallest absolute Gasteiger partial charge is 0.304 e. The molecule has 0 saturated heterocycles. The first kappa shape index (κ1) is 13.9. The number of aliphatic carboxylic acids is 1. The fraction of sp³-hybridized carbons (Fsp3) is 0.533. The lowest BCUT2D eigenvalue weighted by atomic mass is 9.91. The SMILES string of the molecule is O=C(O)CC1(c2cc(F)cc(Br)c2OCC2CC2)CC1. The van der Waals surface area contributed by atoms with E-state index in [9.17, 15) is 9.18 Å². The van der Waals surface area contributed by atoms with E-state index in [-0.39, 0.29) is 12.2 Å². The van der Waals surface area contributed by atoms with Gasteiger partial charge in [0.15, 0.2) is 0 Å². The minimum Gasteiger partial charge on any atom is -0.492 e. The molecule has 2 saturated carbocycles. The van der Waals surface area contributed by atoms with E-state index in [1.165, 1.54) is 25.0 Å². The monoisotopic (exact) mass is 342 g/mol. The Morgan fingerprint density at radius 1 is 1.45 bits per heavy atom. The number of halogens is 2. The molecule has 0 spiro atoms. The number of ether oxygens (including phenoxy) is 1. The van der Waals surface area contributed by atoms with Crippen molar-refractivity contribution in [1.82, 2.24) is 0 Å². The molecule has 2 fully saturated rings. The molecule has 1 N–H and O–H groups in total. The predicted molar refractivity (Wildman–Crippen MR) is 75.5 cm³/mol. The molecule has 2 aliphatic rings. The zero-order valence-electron chi connectivity index (χ0n) is 11.0. The van der Waals surface area contributed by atoms with E-state index in [0.29, 0.717) is 28.3 Å². The molecule has 3 nitrogen and oxygen atoms in total. The molecular weight excluding hydrogens is 327 g/mol. The summed E-state index contributed by atoms with van der Waals surface area (Å²) >= 11 is 3.34. The first-order chi connectivity index (χ1) is 9.50. The summed E-state index contributed by atoms with van der Waals surface area (Å²) in [5.74, 6) is 0.00446. The number of carboxylic acid groups (broad SMARTS) is 1. The normalized spacial score (nSPS) is 19.7. The van der Waals surface area contributed by atoms with Gasteiger partial charge in [-0.2, -0.15) is 0 Å². The molecule has 0 heterocycles. The predicted octanol–water partition coefficient (Wildman–Crippen LogP) is 3.88. The molecule has 0 aromatic heterocycles. The summed E-state index contributed by atoms with van der Waals surface area (Å²) in [6, 6.07) is 2.81. The molecule has 1 aromatic rings. The lowest BCUT2D eigenvalue weighted by molar-refractivity contribution is -0.137. The van der Waals surface area contributed by atoms with Gasteiger partial charge in [-0.1, -0.05) is 0 Å². The van der Waals surface area contributed by atoms with Crippen LogP contribution < -0.4 is 4.74 Å². The molecule has 0 aliphatic heterocycles. The number of benzene rings is 1. The van der Waals surface area contributed by atoms with Gasteiger partial charge in [-0.15, -0.1) is 0 Å². The highest BCUT2D eigenvalue weighted by molar-refractivity contribution is 9.10. The number of carboxylic acids is 1. The Balaban J connectivity index is 1.92. The lowest BCUT2D eigenvalue weighted by Crippen LogP contribution is -2.16. The van der Waals surface area contributed by atoms with Crippen LogP contribution in [0.3, 0.4) is 0 Å². The van der Waals surface area contributed by atoms with E-state index < -0.39 is 11.4 Å². The Bertz CT molecular complexity index is 550. The second-order valence-electron chi connectivity index (χ2n) is 5.87. The summed E-state index contributed by atoms with van der Waals surface area (Å²) in [6.07, 6.45) is 3.93. The molecule has 5 heteroatoms. The zero-order valence-corrected chi connectivity index (χ0v) is 12.6. The second kappa shape index (κ2) is 5.02. The Labute approximate surface area is 125 Å². The van der Waals surface area contributed by atoms with Crippen molar-refractivity contribution in [3.8, 4) is 5.75 Å². The summed E-state index contributed by atoms with van der Waals surface area (Å²) in [5, 5.41) is 9.06. The fourth-order valence-corrected chi connectivity index (χ4v) is 3.12. The van der Waals surface area contributed by atoms with Crippen LogP contribution in [0.2, 0.25) is 0 Å². The molecule has 0 amide bonds. The number of hydrogen-bond acceptors (Lipinski definition) is 2. The van der Waals surface area contributed by atoms with Crippen LogP contribution in [0.5, 0.6) is 5.75 Å². The molecule has 20 heavy (non-hydrogen) atoms. The van der Waals surface area contributed by atoms with Crippen LogP contribution in [-0.4, -0.2) is 17.7 Å². The van der Waals surface area contributed by atoms with E-state index in [2.05, 4.69) is 15.9 Å². The molecule has 0 radical (unpaired) electrons. The number of carbonyl (C=O) groups is 1. The van der Waals surface area contributed by atoms with Crippen LogP contribution in [-0.2, 0) is 10.2 Å². The molecule has 0 unspecified atom stereocenters. The molecule has 0 bridgehead atoms. The van der Waals surface area contributed by atoms with Crippen molar-refractivity contribution < 1.29 is 19.0 Å². The van der Waals surface area contributed by atoms with Crippen molar-refractivity contribution in [2.75, 3.05) is 6.61 Å². The minimum absolute atomic E-state index is 0.0304. The van der Waals surface area contributed by atoms with Crippen molar-refractivity contribution in [3.05, 3.63) is 28.0 Å². The van der Waals surface area contributed by atoms with Gasteiger partial charge in [0.25, 0.3) is 0 Å². The van der Waals surface area contributed by atoms with Crippen LogP contribution in [0.25, 0.3) is 0 Å². The van der Waals surface area contributed by atoms with Gasteiger partial charge >= 0.3 is 5.97 Å². The van der Waals surface area contributed by atoms with Crippen molar-refractivity contribution >= 4 is 21.9 Å². The minimum atomic E-state index is -0.851. The molecule has 108 valence electrons. The summed E-state index contributed by atoms with van der Waals surface area (Å²) in [7, 11) is 0. The van der Waals surface area contributed by atoms with E-state index >= 15 is 0 Å². The van der Waals surface area contributed by atoms with Gasteiger partial charge in [0.1, 0.15) is 11.6 Å². The molecular formula is C15H16BrFO3. The third-order valence-electron chi connectivity index (χ3n) is 4.08. The topological polar surface area (TPSA) is 46.5 Å². The highest BCUT2D eigenvalue weighted by Crippen LogP contribution is 2.55. The third-order valence-corrected chi connectivity index (χ3v) is 4.67. The van der Waals surface area contributed by atoms with Gasteiger partial charge in [0.2, 0.25) is 0 Å². The molecule has 3 rings (SSSR count). The van der Waals surface area contributed by atoms with Crippen LogP contribution >= 0.6 is 15.9 Å². The van der Waals surface area contributed by atoms with Crippen molar-refractivity contribution in [3.63, 3.8) is 0 Å². The summed E-state index contributed by atoms with van der Waals surface area (Å²) < 4.78 is 20.1. The van der Waals surface area contributed by atoms with Gasteiger partial charge in [-0.25, -0.2) is 4.39 Å². The molecule has 0 atom stereocenters. The Hall–Kier alpha value is -1.10. The largest absolute Gasteiger partial charge is 0.492 e. The quantitative estimate of drug-likeness (QED) is 0.853. The van der Waals surface area contributed by atoms with Gasteiger partial charge in [-0.3, -0.25) is 4.79 Å². The maximum absolute atomic E-state index is 13.7. The van der Waals surface area contributed by atoms with Gasteiger partial charge in [0.05, 0.1) is 17.5 Å². The Morgan fingerprint density at radius 2 is 2.15 bits per heavy atom. The average Bonchev–Trinajstić information content (AvgIpc) is 3.21. The summed E-state index contributed by atoms with van der Waals surface area (Å²) in [4.78, 5) is 11.0. The second-order valence-corrected chi connectivity index (χ2v) is 6.72. The van der Waals surface area contributed by atoms with Crippen molar-refractivity contribution in [2.24, 2.45) is 5.92 Å². The highest BCUT2D eigenvalue weighted by atomic mass is 79.9. The highest BCUT2D eigenvalue weighted by Gasteiger charge is 2.48. The third kappa shape index (κ3) is 2.82. The van der Waals surface area contributed by atoms with Crippen LogP contribution in [0.15, 0.2) is 16.6 Å². The Morgan fingerprint density at radius 3 is 2.70 bits per heavy atom. The van der Waals surface area contributed by atoms with Gasteiger partial charge in [-0.05, 0) is 59.7 Å². The van der Waals surface area contributed by atoms with Gasteiger partial charge < -0.3 is 9.84 Å². The van der Waals surface area contributed by atoms with E-state index in [1.54, 1.807) is 0 Å². The summed E-state index contributed by atoms with van der Waals surface area (Å²) in [5.41, 5.74) is 0.252. The van der Waals surface area contributed by atoms with Crippen LogP contribution in [0.4, 0.5) is 4.39 Å². The average molecular weight is 343 g/mol. The van der Waals surface area contributed by atoms with Crippen LogP contribution in [0, 0.1) is 11.7 Å². The van der Waals surface area contributed by atoms with E-state index in [4.69, 9.17) is 9.84 Å². The van der Waals surface area contributed by atoms with Crippen molar-refractivity contribution in [1.29, 1.82) is 0 Å². The summed E-state index contributed by atoms with van der Waals surface area (Å²) in [6.45, 7) is 0.625. The molecule has 1 aromatic carbocycles. The first-order valence-electron chi connectivity index (χ1n) is 6.84. The molecule has 2 aliphatic carbocycles. The Kier molecular flexibility index (Phi) is 3.48. The zero-order chi connectivity index (χ0) is 14.3. The van der Waals surface area contributed by atoms with E-state index in [1.807, 2.05) is 0 Å². The number of hydrogen-bond donors (Lipinski definition) is 1. The standard InChI is InChI=1S/C15H16BrFO3/c16-12-6-10(17)5-11(14(12)20-8-9-1-2-9)15(3-4-15)7-13(18)19/h5-6,9H,1-4,7-8H2,(H,18,19). The lowest BCUT2D eigenvalue weighted by Gasteiger charge is -2.20. The van der Waals surface area contributed by atoms with Crippen LogP contribution in [0.1, 0.15) is 37.7 Å². The van der Waals surface area contributed by atoms with Gasteiger partial charge in [0, 0.05) is 11.0 Å². The van der Waals surface area contributed by atoms with E-state index in [0.717, 1.165) is 12.8 Å². The fourth-order valence-electron chi connectivity index (χ4n) is 2.57. The first-order valence-corrected chi connectivity index (χ1v) is 7.64. The van der Waals surface area contributed by atoms with Crippen molar-refractivity contribution in [2.45, 2.75) is 37.5 Å². The number of rotatable bonds is 6. The maximum atomic E-state index is 13.7. The maximum Gasteiger partial charge on any atom is 0.304 e.